The predicted molar refractivity (Wildman–Crippen MR) is 132 cm³/mol. The first kappa shape index (κ1) is 25.5. The number of carbonyl (C=O) groups excluding carboxylic acids is 1. The molecule has 0 aromatic carbocycles. The molecule has 4 rings (SSSR count). The maximum Gasteiger partial charge on any atom is 0.410 e. The van der Waals surface area contributed by atoms with E-state index in [2.05, 4.69) is 34.9 Å². The van der Waals surface area contributed by atoms with Gasteiger partial charge in [-0.25, -0.2) is 4.79 Å². The maximum absolute atomic E-state index is 12.8. The highest BCUT2D eigenvalue weighted by Crippen LogP contribution is 2.31. The second-order valence-electron chi connectivity index (χ2n) is 10.9. The van der Waals surface area contributed by atoms with Crippen molar-refractivity contribution in [3.63, 3.8) is 0 Å². The molecule has 35 heavy (non-hydrogen) atoms. The Morgan fingerprint density at radius 3 is 2.57 bits per heavy atom. The minimum Gasteiger partial charge on any atom is -0.462 e. The van der Waals surface area contributed by atoms with Gasteiger partial charge in [-0.2, -0.15) is 15.2 Å². The average molecular weight is 486 g/mol. The number of nitrogens with zero attached hydrogens (tertiary/aromatic N) is 7. The SMILES string of the molecule is CN1CCC[C@H]1COc1nc2c(c(N3CCN(C)[C@@H](CC#N)C3)n1)CCN(C(=O)OC(C)(C)C)C2. The molecule has 0 unspecified atom stereocenters. The first-order valence-electron chi connectivity index (χ1n) is 12.7. The van der Waals surface area contributed by atoms with Crippen molar-refractivity contribution in [2.75, 3.05) is 58.3 Å². The molecule has 2 atom stereocenters. The van der Waals surface area contributed by atoms with Gasteiger partial charge in [0, 0.05) is 43.8 Å². The number of rotatable bonds is 5. The van der Waals surface area contributed by atoms with Crippen molar-refractivity contribution in [3.8, 4) is 12.1 Å². The second-order valence-corrected chi connectivity index (χ2v) is 10.9. The molecule has 10 nitrogen and oxygen atoms in total. The van der Waals surface area contributed by atoms with Crippen molar-refractivity contribution >= 4 is 11.9 Å². The van der Waals surface area contributed by atoms with E-state index in [9.17, 15) is 10.1 Å². The van der Waals surface area contributed by atoms with Crippen molar-refractivity contribution in [3.05, 3.63) is 11.3 Å². The van der Waals surface area contributed by atoms with E-state index in [4.69, 9.17) is 19.4 Å². The number of likely N-dealkylation sites (tertiary alicyclic amines) is 1. The number of amides is 1. The van der Waals surface area contributed by atoms with Crippen molar-refractivity contribution in [2.24, 2.45) is 0 Å². The summed E-state index contributed by atoms with van der Waals surface area (Å²) in [4.78, 5) is 30.9. The zero-order chi connectivity index (χ0) is 25.2. The van der Waals surface area contributed by atoms with Crippen LogP contribution in [0, 0.1) is 11.3 Å². The van der Waals surface area contributed by atoms with Gasteiger partial charge in [0.1, 0.15) is 18.0 Å². The van der Waals surface area contributed by atoms with Crippen LogP contribution in [0.2, 0.25) is 0 Å². The van der Waals surface area contributed by atoms with Gasteiger partial charge in [0.25, 0.3) is 0 Å². The summed E-state index contributed by atoms with van der Waals surface area (Å²) in [7, 11) is 4.19. The van der Waals surface area contributed by atoms with Crippen LogP contribution in [0.3, 0.4) is 0 Å². The molecule has 1 aromatic rings. The van der Waals surface area contributed by atoms with E-state index in [1.807, 2.05) is 20.8 Å². The third-order valence-corrected chi connectivity index (χ3v) is 7.15. The minimum atomic E-state index is -0.550. The number of aromatic nitrogens is 2. The summed E-state index contributed by atoms with van der Waals surface area (Å²) in [5, 5.41) is 9.29. The Labute approximate surface area is 208 Å². The van der Waals surface area contributed by atoms with E-state index in [0.29, 0.717) is 44.6 Å². The molecule has 0 radical (unpaired) electrons. The monoisotopic (exact) mass is 485 g/mol. The number of hydrogen-bond donors (Lipinski definition) is 0. The number of piperazine rings is 1. The second kappa shape index (κ2) is 10.5. The molecular formula is C25H39N7O3. The first-order chi connectivity index (χ1) is 16.6. The van der Waals surface area contributed by atoms with Crippen LogP contribution in [0.15, 0.2) is 0 Å². The number of ether oxygens (including phenoxy) is 2. The van der Waals surface area contributed by atoms with Gasteiger partial charge in [-0.1, -0.05) is 0 Å². The molecule has 1 aromatic heterocycles. The summed E-state index contributed by atoms with van der Waals surface area (Å²) in [6, 6.07) is 3.19. The van der Waals surface area contributed by atoms with Crippen molar-refractivity contribution in [2.45, 2.75) is 70.7 Å². The molecule has 192 valence electrons. The van der Waals surface area contributed by atoms with Crippen molar-refractivity contribution in [1.82, 2.24) is 24.7 Å². The lowest BCUT2D eigenvalue weighted by Crippen LogP contribution is -2.52. The number of anilines is 1. The fourth-order valence-corrected chi connectivity index (χ4v) is 5.02. The topological polar surface area (TPSA) is 98.1 Å². The molecular weight excluding hydrogens is 446 g/mol. The molecule has 3 aliphatic rings. The Hall–Kier alpha value is -2.64. The standard InChI is InChI=1S/C25H39N7O3/c1-25(2,3)35-24(33)32-12-9-20-21(16-32)27-23(34-17-19-7-6-11-29(19)4)28-22(20)31-14-13-30(5)18(15-31)8-10-26/h18-19H,6-9,11-17H2,1-5H3/t18-,19-/m0/s1. The molecule has 0 spiro atoms. The van der Waals surface area contributed by atoms with Gasteiger partial charge in [-0.15, -0.1) is 0 Å². The Balaban J connectivity index is 1.59. The Morgan fingerprint density at radius 1 is 1.11 bits per heavy atom. The number of hydrogen-bond acceptors (Lipinski definition) is 9. The van der Waals surface area contributed by atoms with Gasteiger partial charge in [0.15, 0.2) is 0 Å². The van der Waals surface area contributed by atoms with E-state index in [-0.39, 0.29) is 12.1 Å². The lowest BCUT2D eigenvalue weighted by molar-refractivity contribution is 0.0220. The Bertz CT molecular complexity index is 958. The highest BCUT2D eigenvalue weighted by Gasteiger charge is 2.33. The quantitative estimate of drug-likeness (QED) is 0.622. The normalized spacial score (nSPS) is 23.7. The third kappa shape index (κ3) is 6.14. The molecule has 4 heterocycles. The van der Waals surface area contributed by atoms with Gasteiger partial charge >= 0.3 is 12.1 Å². The van der Waals surface area contributed by atoms with Crippen LogP contribution in [-0.2, 0) is 17.7 Å². The molecule has 2 fully saturated rings. The van der Waals surface area contributed by atoms with Crippen LogP contribution in [0.1, 0.15) is 51.3 Å². The number of likely N-dealkylation sites (N-methyl/N-ethyl adjacent to an activating group) is 2. The molecule has 0 aliphatic carbocycles. The van der Waals surface area contributed by atoms with Crippen molar-refractivity contribution in [1.29, 1.82) is 5.26 Å². The minimum absolute atomic E-state index is 0.151. The highest BCUT2D eigenvalue weighted by atomic mass is 16.6. The summed E-state index contributed by atoms with van der Waals surface area (Å²) < 4.78 is 11.8. The average Bonchev–Trinajstić information content (AvgIpc) is 3.22. The molecule has 10 heteroatoms. The lowest BCUT2D eigenvalue weighted by Gasteiger charge is -2.40. The summed E-state index contributed by atoms with van der Waals surface area (Å²) >= 11 is 0. The Kier molecular flexibility index (Phi) is 7.67. The van der Waals surface area contributed by atoms with Gasteiger partial charge in [-0.3, -0.25) is 4.90 Å². The van der Waals surface area contributed by atoms with Crippen LogP contribution in [0.25, 0.3) is 0 Å². The van der Waals surface area contributed by atoms with Gasteiger partial charge in [-0.05, 0) is 60.7 Å². The first-order valence-corrected chi connectivity index (χ1v) is 12.7. The summed E-state index contributed by atoms with van der Waals surface area (Å²) in [5.41, 5.74) is 1.33. The number of fused-ring (bicyclic) bond motifs is 1. The summed E-state index contributed by atoms with van der Waals surface area (Å²) in [5.74, 6) is 0.879. The maximum atomic E-state index is 12.8. The number of nitriles is 1. The fraction of sp³-hybridized carbons (Fsp3) is 0.760. The van der Waals surface area contributed by atoms with Crippen LogP contribution >= 0.6 is 0 Å². The van der Waals surface area contributed by atoms with Crippen LogP contribution in [0.5, 0.6) is 6.01 Å². The molecule has 3 aliphatic heterocycles. The van der Waals surface area contributed by atoms with E-state index in [0.717, 1.165) is 49.7 Å². The highest BCUT2D eigenvalue weighted by molar-refractivity contribution is 5.69. The van der Waals surface area contributed by atoms with Gasteiger partial charge in [0.2, 0.25) is 0 Å². The van der Waals surface area contributed by atoms with Gasteiger partial charge < -0.3 is 24.2 Å². The molecule has 2 saturated heterocycles. The summed E-state index contributed by atoms with van der Waals surface area (Å²) in [6.45, 7) is 10.6. The third-order valence-electron chi connectivity index (χ3n) is 7.15. The molecule has 0 N–H and O–H groups in total. The van der Waals surface area contributed by atoms with Crippen molar-refractivity contribution < 1.29 is 14.3 Å². The smallest absolute Gasteiger partial charge is 0.410 e. The molecule has 0 saturated carbocycles. The van der Waals surface area contributed by atoms with Gasteiger partial charge in [0.05, 0.1) is 24.7 Å². The Morgan fingerprint density at radius 2 is 1.89 bits per heavy atom. The zero-order valence-corrected chi connectivity index (χ0v) is 21.8. The fourth-order valence-electron chi connectivity index (χ4n) is 5.02. The van der Waals surface area contributed by atoms with Crippen LogP contribution in [-0.4, -0.2) is 102 Å². The van der Waals surface area contributed by atoms with E-state index in [1.54, 1.807) is 4.90 Å². The van der Waals surface area contributed by atoms with E-state index in [1.165, 1.54) is 6.42 Å². The predicted octanol–water partition coefficient (Wildman–Crippen LogP) is 2.28. The number of carbonyl (C=O) groups is 1. The van der Waals surface area contributed by atoms with Crippen LogP contribution in [0.4, 0.5) is 10.6 Å². The molecule has 1 amide bonds. The van der Waals surface area contributed by atoms with Crippen LogP contribution < -0.4 is 9.64 Å². The molecule has 0 bridgehead atoms. The van der Waals surface area contributed by atoms with E-state index >= 15 is 0 Å². The summed E-state index contributed by atoms with van der Waals surface area (Å²) in [6.07, 6.45) is 3.09. The largest absolute Gasteiger partial charge is 0.462 e. The van der Waals surface area contributed by atoms with E-state index < -0.39 is 5.60 Å². The lowest BCUT2D eigenvalue weighted by atomic mass is 10.0. The zero-order valence-electron chi connectivity index (χ0n) is 21.8.